The van der Waals surface area contributed by atoms with E-state index in [9.17, 15) is 4.79 Å². The Morgan fingerprint density at radius 2 is 2.00 bits per heavy atom. The Morgan fingerprint density at radius 1 is 1.25 bits per heavy atom. The molecule has 2 bridgehead atoms. The Hall–Kier alpha value is -0.610. The maximum atomic E-state index is 12.5. The van der Waals surface area contributed by atoms with Crippen LogP contribution in [0.2, 0.25) is 0 Å². The lowest BCUT2D eigenvalue weighted by Gasteiger charge is -2.43. The van der Waals surface area contributed by atoms with E-state index in [4.69, 9.17) is 0 Å². The number of nitrogens with one attached hydrogen (secondary N) is 2. The molecule has 2 saturated heterocycles. The van der Waals surface area contributed by atoms with Crippen LogP contribution in [0.1, 0.15) is 51.4 Å². The third kappa shape index (κ3) is 2.60. The maximum Gasteiger partial charge on any atom is 0.224 e. The van der Waals surface area contributed by atoms with Crippen LogP contribution in [0.25, 0.3) is 0 Å². The quantitative estimate of drug-likeness (QED) is 0.820. The van der Waals surface area contributed by atoms with Crippen LogP contribution in [0, 0.1) is 5.92 Å². The fraction of sp³-hybridized carbons (Fsp3) is 0.938. The van der Waals surface area contributed by atoms with Gasteiger partial charge in [-0.2, -0.15) is 0 Å². The van der Waals surface area contributed by atoms with Gasteiger partial charge in [0.2, 0.25) is 5.91 Å². The van der Waals surface area contributed by atoms with E-state index in [1.54, 1.807) is 0 Å². The summed E-state index contributed by atoms with van der Waals surface area (Å²) >= 11 is 0. The zero-order chi connectivity index (χ0) is 14.2. The molecule has 2 heterocycles. The zero-order valence-corrected chi connectivity index (χ0v) is 13.0. The predicted molar refractivity (Wildman–Crippen MR) is 80.6 cm³/mol. The van der Waals surface area contributed by atoms with Crippen LogP contribution in [0.5, 0.6) is 0 Å². The minimum absolute atomic E-state index is 0.193. The standard InChI is InChI=1S/C16H29N3O/c1-19(2)16(8-4-3-5-9-16)11-17-15(20)13-10-12-6-7-14(13)18-12/h12-14,18H,3-11H2,1-2H3,(H,17,20). The Kier molecular flexibility index (Phi) is 4.04. The monoisotopic (exact) mass is 279 g/mol. The number of likely N-dealkylation sites (N-methyl/N-ethyl adjacent to an activating group) is 1. The van der Waals surface area contributed by atoms with E-state index in [0.717, 1.165) is 13.0 Å². The van der Waals surface area contributed by atoms with Crippen molar-refractivity contribution < 1.29 is 4.79 Å². The van der Waals surface area contributed by atoms with E-state index in [1.165, 1.54) is 44.9 Å². The van der Waals surface area contributed by atoms with Gasteiger partial charge in [0, 0.05) is 24.2 Å². The lowest BCUT2D eigenvalue weighted by atomic mass is 9.80. The van der Waals surface area contributed by atoms with Crippen molar-refractivity contribution in [3.8, 4) is 0 Å². The molecule has 1 saturated carbocycles. The van der Waals surface area contributed by atoms with Crippen molar-refractivity contribution in [3.63, 3.8) is 0 Å². The molecule has 0 radical (unpaired) electrons. The van der Waals surface area contributed by atoms with Gasteiger partial charge in [-0.25, -0.2) is 0 Å². The molecule has 3 aliphatic rings. The number of hydrogen-bond donors (Lipinski definition) is 2. The molecule has 1 amide bonds. The number of rotatable bonds is 4. The first kappa shape index (κ1) is 14.3. The molecular weight excluding hydrogens is 250 g/mol. The number of hydrogen-bond acceptors (Lipinski definition) is 3. The summed E-state index contributed by atoms with van der Waals surface area (Å²) in [6, 6.07) is 1.05. The van der Waals surface area contributed by atoms with Crippen LogP contribution in [0.3, 0.4) is 0 Å². The van der Waals surface area contributed by atoms with Crippen LogP contribution in [0.15, 0.2) is 0 Å². The summed E-state index contributed by atoms with van der Waals surface area (Å²) in [5.74, 6) is 0.507. The molecule has 2 aliphatic heterocycles. The molecule has 0 aromatic rings. The van der Waals surface area contributed by atoms with E-state index in [-0.39, 0.29) is 17.4 Å². The van der Waals surface area contributed by atoms with Crippen molar-refractivity contribution in [2.24, 2.45) is 5.92 Å². The van der Waals surface area contributed by atoms with Crippen molar-refractivity contribution >= 4 is 5.91 Å². The van der Waals surface area contributed by atoms with Gasteiger partial charge in [-0.3, -0.25) is 4.79 Å². The van der Waals surface area contributed by atoms with Gasteiger partial charge in [0.1, 0.15) is 0 Å². The minimum Gasteiger partial charge on any atom is -0.354 e. The van der Waals surface area contributed by atoms with Gasteiger partial charge in [0.05, 0.1) is 5.92 Å². The van der Waals surface area contributed by atoms with Gasteiger partial charge in [0.25, 0.3) is 0 Å². The maximum absolute atomic E-state index is 12.5. The largest absolute Gasteiger partial charge is 0.354 e. The van der Waals surface area contributed by atoms with Crippen molar-refractivity contribution in [1.29, 1.82) is 0 Å². The van der Waals surface area contributed by atoms with Gasteiger partial charge < -0.3 is 15.5 Å². The first-order valence-corrected chi connectivity index (χ1v) is 8.32. The second-order valence-corrected chi connectivity index (χ2v) is 7.29. The van der Waals surface area contributed by atoms with Crippen LogP contribution in [-0.4, -0.2) is 49.1 Å². The molecular formula is C16H29N3O. The summed E-state index contributed by atoms with van der Waals surface area (Å²) in [7, 11) is 4.33. The smallest absolute Gasteiger partial charge is 0.224 e. The molecule has 0 spiro atoms. The Bertz CT molecular complexity index is 363. The molecule has 1 aliphatic carbocycles. The molecule has 20 heavy (non-hydrogen) atoms. The Balaban J connectivity index is 1.56. The minimum atomic E-state index is 0.193. The SMILES string of the molecule is CN(C)C1(CNC(=O)C2CC3CCC2N3)CCCCC1. The number of fused-ring (bicyclic) bond motifs is 2. The highest BCUT2D eigenvalue weighted by Gasteiger charge is 2.43. The fourth-order valence-electron chi connectivity index (χ4n) is 4.49. The molecule has 3 unspecified atom stereocenters. The molecule has 0 aromatic carbocycles. The highest BCUT2D eigenvalue weighted by atomic mass is 16.2. The molecule has 3 rings (SSSR count). The van der Waals surface area contributed by atoms with Crippen LogP contribution < -0.4 is 10.6 Å². The zero-order valence-electron chi connectivity index (χ0n) is 13.0. The van der Waals surface area contributed by atoms with Gasteiger partial charge in [-0.15, -0.1) is 0 Å². The summed E-state index contributed by atoms with van der Waals surface area (Å²) in [5, 5.41) is 6.84. The molecule has 3 fully saturated rings. The molecule has 0 aromatic heterocycles. The average Bonchev–Trinajstić information content (AvgIpc) is 3.08. The fourth-order valence-corrected chi connectivity index (χ4v) is 4.49. The topological polar surface area (TPSA) is 44.4 Å². The van der Waals surface area contributed by atoms with Gasteiger partial charge in [-0.1, -0.05) is 19.3 Å². The van der Waals surface area contributed by atoms with Crippen LogP contribution in [-0.2, 0) is 4.79 Å². The second kappa shape index (κ2) is 5.64. The lowest BCUT2D eigenvalue weighted by molar-refractivity contribution is -0.126. The molecule has 4 heteroatoms. The van der Waals surface area contributed by atoms with Crippen molar-refractivity contribution in [2.75, 3.05) is 20.6 Å². The lowest BCUT2D eigenvalue weighted by Crippen LogP contribution is -2.55. The van der Waals surface area contributed by atoms with Gasteiger partial charge in [-0.05, 0) is 46.2 Å². The number of amides is 1. The van der Waals surface area contributed by atoms with Crippen molar-refractivity contribution in [3.05, 3.63) is 0 Å². The third-order valence-corrected chi connectivity index (χ3v) is 5.96. The predicted octanol–water partition coefficient (Wildman–Crippen LogP) is 1.51. The second-order valence-electron chi connectivity index (χ2n) is 7.29. The van der Waals surface area contributed by atoms with E-state index >= 15 is 0 Å². The Labute approximate surface area is 122 Å². The van der Waals surface area contributed by atoms with E-state index in [2.05, 4.69) is 29.6 Å². The van der Waals surface area contributed by atoms with Crippen molar-refractivity contribution in [1.82, 2.24) is 15.5 Å². The Morgan fingerprint density at radius 3 is 2.55 bits per heavy atom. The van der Waals surface area contributed by atoms with Crippen molar-refractivity contribution in [2.45, 2.75) is 69.0 Å². The van der Waals surface area contributed by atoms with E-state index in [0.29, 0.717) is 12.1 Å². The van der Waals surface area contributed by atoms with Crippen LogP contribution in [0.4, 0.5) is 0 Å². The summed E-state index contributed by atoms with van der Waals surface area (Å²) in [4.78, 5) is 14.8. The normalized spacial score (nSPS) is 35.5. The highest BCUT2D eigenvalue weighted by Crippen LogP contribution is 2.34. The molecule has 3 atom stereocenters. The van der Waals surface area contributed by atoms with Gasteiger partial charge >= 0.3 is 0 Å². The summed E-state index contributed by atoms with van der Waals surface area (Å²) in [5.41, 5.74) is 0.193. The van der Waals surface area contributed by atoms with Gasteiger partial charge in [0.15, 0.2) is 0 Å². The molecule has 2 N–H and O–H groups in total. The number of carbonyl (C=O) groups excluding carboxylic acids is 1. The highest BCUT2D eigenvalue weighted by molar-refractivity contribution is 5.80. The average molecular weight is 279 g/mol. The first-order chi connectivity index (χ1) is 9.61. The third-order valence-electron chi connectivity index (χ3n) is 5.96. The summed E-state index contributed by atoms with van der Waals surface area (Å²) in [6.07, 6.45) is 9.86. The first-order valence-electron chi connectivity index (χ1n) is 8.32. The number of nitrogens with zero attached hydrogens (tertiary/aromatic N) is 1. The van der Waals surface area contributed by atoms with E-state index in [1.807, 2.05) is 0 Å². The van der Waals surface area contributed by atoms with Crippen LogP contribution >= 0.6 is 0 Å². The molecule has 114 valence electrons. The van der Waals surface area contributed by atoms with E-state index < -0.39 is 0 Å². The summed E-state index contributed by atoms with van der Waals surface area (Å²) in [6.45, 7) is 0.826. The molecule has 4 nitrogen and oxygen atoms in total. The number of carbonyl (C=O) groups is 1. The summed E-state index contributed by atoms with van der Waals surface area (Å²) < 4.78 is 0.